The molecule has 1 amide bonds. The number of methoxy groups -OCH3 is 1. The Morgan fingerprint density at radius 1 is 1.26 bits per heavy atom. The molecule has 2 heterocycles. The Balaban J connectivity index is 1.73. The second-order valence-electron chi connectivity index (χ2n) is 5.62. The molecule has 3 aromatic rings. The van der Waals surface area contributed by atoms with Crippen LogP contribution in [-0.4, -0.2) is 50.0 Å². The Bertz CT molecular complexity index is 1040. The van der Waals surface area contributed by atoms with Crippen molar-refractivity contribution in [3.05, 3.63) is 52.7 Å². The molecule has 0 spiro atoms. The average Bonchev–Trinajstić information content (AvgIpc) is 3.08. The molecule has 0 aliphatic carbocycles. The highest BCUT2D eigenvalue weighted by atomic mass is 16.5. The quantitative estimate of drug-likeness (QED) is 0.584. The van der Waals surface area contributed by atoms with Crippen molar-refractivity contribution in [3.63, 3.8) is 0 Å². The highest BCUT2D eigenvalue weighted by molar-refractivity contribution is 5.93. The summed E-state index contributed by atoms with van der Waals surface area (Å²) in [4.78, 5) is 40.2. The highest BCUT2D eigenvalue weighted by Crippen LogP contribution is 2.11. The van der Waals surface area contributed by atoms with Crippen molar-refractivity contribution < 1.29 is 19.4 Å². The summed E-state index contributed by atoms with van der Waals surface area (Å²) in [5.41, 5.74) is 0.788. The molecule has 0 saturated carbocycles. The molecule has 0 fully saturated rings. The molecule has 0 aliphatic heterocycles. The average molecular weight is 371 g/mol. The SMILES string of the molecule is COC(=O)c1ccc(NC(=O)Cn2cnc3c(cnn3CCO)c2=O)cc1. The maximum absolute atomic E-state index is 12.5. The number of aliphatic hydroxyl groups excluding tert-OH is 1. The lowest BCUT2D eigenvalue weighted by Gasteiger charge is -2.08. The van der Waals surface area contributed by atoms with Crippen LogP contribution < -0.4 is 10.9 Å². The van der Waals surface area contributed by atoms with Gasteiger partial charge < -0.3 is 15.2 Å². The van der Waals surface area contributed by atoms with Crippen LogP contribution in [0.4, 0.5) is 5.69 Å². The maximum atomic E-state index is 12.5. The molecule has 27 heavy (non-hydrogen) atoms. The number of nitrogens with one attached hydrogen (secondary N) is 1. The van der Waals surface area contributed by atoms with E-state index in [0.29, 0.717) is 16.9 Å². The summed E-state index contributed by atoms with van der Waals surface area (Å²) in [5, 5.41) is 15.9. The molecule has 3 rings (SSSR count). The van der Waals surface area contributed by atoms with Crippen LogP contribution in [0, 0.1) is 0 Å². The summed E-state index contributed by atoms with van der Waals surface area (Å²) >= 11 is 0. The van der Waals surface area contributed by atoms with Crippen LogP contribution in [0.5, 0.6) is 0 Å². The van der Waals surface area contributed by atoms with Gasteiger partial charge in [0.25, 0.3) is 5.56 Å². The number of anilines is 1. The molecule has 10 nitrogen and oxygen atoms in total. The fraction of sp³-hybridized carbons (Fsp3) is 0.235. The van der Waals surface area contributed by atoms with Crippen LogP contribution in [-0.2, 0) is 22.6 Å². The van der Waals surface area contributed by atoms with Crippen LogP contribution in [0.25, 0.3) is 11.0 Å². The van der Waals surface area contributed by atoms with Crippen LogP contribution in [0.15, 0.2) is 41.6 Å². The predicted molar refractivity (Wildman–Crippen MR) is 95.3 cm³/mol. The first-order valence-electron chi connectivity index (χ1n) is 8.03. The van der Waals surface area contributed by atoms with Crippen molar-refractivity contribution in [1.82, 2.24) is 19.3 Å². The fourth-order valence-corrected chi connectivity index (χ4v) is 2.53. The molecule has 0 unspecified atom stereocenters. The van der Waals surface area contributed by atoms with Crippen LogP contribution >= 0.6 is 0 Å². The van der Waals surface area contributed by atoms with Gasteiger partial charge in [0.2, 0.25) is 5.91 Å². The number of esters is 1. The summed E-state index contributed by atoms with van der Waals surface area (Å²) in [7, 11) is 1.29. The summed E-state index contributed by atoms with van der Waals surface area (Å²) in [6, 6.07) is 6.17. The van der Waals surface area contributed by atoms with Crippen molar-refractivity contribution in [3.8, 4) is 0 Å². The van der Waals surface area contributed by atoms with Crippen molar-refractivity contribution in [1.29, 1.82) is 0 Å². The van der Waals surface area contributed by atoms with Gasteiger partial charge in [-0.05, 0) is 24.3 Å². The number of aliphatic hydroxyl groups is 1. The number of ether oxygens (including phenoxy) is 1. The maximum Gasteiger partial charge on any atom is 0.337 e. The van der Waals surface area contributed by atoms with Gasteiger partial charge in [-0.2, -0.15) is 5.10 Å². The summed E-state index contributed by atoms with van der Waals surface area (Å²) in [5.74, 6) is -0.896. The zero-order valence-corrected chi connectivity index (χ0v) is 14.5. The third-order valence-corrected chi connectivity index (χ3v) is 3.84. The molecular formula is C17H17N5O5. The molecule has 0 bridgehead atoms. The van der Waals surface area contributed by atoms with Gasteiger partial charge in [0, 0.05) is 5.69 Å². The number of aromatic nitrogens is 4. The van der Waals surface area contributed by atoms with E-state index in [0.717, 1.165) is 0 Å². The molecule has 10 heteroatoms. The third kappa shape index (κ3) is 3.85. The monoisotopic (exact) mass is 371 g/mol. The third-order valence-electron chi connectivity index (χ3n) is 3.84. The lowest BCUT2D eigenvalue weighted by Crippen LogP contribution is -2.28. The second kappa shape index (κ2) is 7.79. The van der Waals surface area contributed by atoms with Gasteiger partial charge in [0.05, 0.1) is 32.0 Å². The minimum absolute atomic E-state index is 0.126. The zero-order valence-electron chi connectivity index (χ0n) is 14.5. The van der Waals surface area contributed by atoms with E-state index in [1.807, 2.05) is 0 Å². The molecule has 0 atom stereocenters. The molecule has 140 valence electrons. The van der Waals surface area contributed by atoms with Crippen molar-refractivity contribution >= 4 is 28.6 Å². The Morgan fingerprint density at radius 3 is 2.67 bits per heavy atom. The van der Waals surface area contributed by atoms with E-state index in [2.05, 4.69) is 20.1 Å². The van der Waals surface area contributed by atoms with E-state index < -0.39 is 17.4 Å². The molecular weight excluding hydrogens is 354 g/mol. The molecule has 0 saturated heterocycles. The van der Waals surface area contributed by atoms with E-state index in [9.17, 15) is 14.4 Å². The number of amides is 1. The van der Waals surface area contributed by atoms with Gasteiger partial charge in [0.15, 0.2) is 5.65 Å². The number of hydrogen-bond donors (Lipinski definition) is 2. The van der Waals surface area contributed by atoms with Gasteiger partial charge in [-0.15, -0.1) is 0 Å². The van der Waals surface area contributed by atoms with Gasteiger partial charge in [-0.3, -0.25) is 14.2 Å². The first-order valence-corrected chi connectivity index (χ1v) is 8.03. The molecule has 2 N–H and O–H groups in total. The van der Waals surface area contributed by atoms with Gasteiger partial charge in [-0.1, -0.05) is 0 Å². The van der Waals surface area contributed by atoms with Gasteiger partial charge >= 0.3 is 5.97 Å². The Morgan fingerprint density at radius 2 is 2.00 bits per heavy atom. The summed E-state index contributed by atoms with van der Waals surface area (Å²) in [6.45, 7) is -0.133. The highest BCUT2D eigenvalue weighted by Gasteiger charge is 2.12. The minimum atomic E-state index is -0.472. The van der Waals surface area contributed by atoms with Gasteiger partial charge in [-0.25, -0.2) is 14.5 Å². The van der Waals surface area contributed by atoms with E-state index in [-0.39, 0.29) is 25.1 Å². The molecule has 1 aromatic carbocycles. The van der Waals surface area contributed by atoms with Crippen LogP contribution in [0.1, 0.15) is 10.4 Å². The standard InChI is InChI=1S/C17H17N5O5/c1-27-17(26)11-2-4-12(5-3-11)20-14(24)9-21-10-18-15-13(16(21)25)8-19-22(15)6-7-23/h2-5,8,10,23H,6-7,9H2,1H3,(H,20,24). The zero-order chi connectivity index (χ0) is 19.4. The number of carbonyl (C=O) groups is 2. The number of carbonyl (C=O) groups excluding carboxylic acids is 2. The first-order chi connectivity index (χ1) is 13.0. The van der Waals surface area contributed by atoms with E-state index >= 15 is 0 Å². The van der Waals surface area contributed by atoms with E-state index in [1.165, 1.54) is 41.0 Å². The number of fused-ring (bicyclic) bond motifs is 1. The number of rotatable bonds is 6. The summed E-state index contributed by atoms with van der Waals surface area (Å²) in [6.07, 6.45) is 2.63. The van der Waals surface area contributed by atoms with Crippen LogP contribution in [0.3, 0.4) is 0 Å². The first kappa shape index (κ1) is 18.3. The lowest BCUT2D eigenvalue weighted by atomic mass is 10.2. The normalized spacial score (nSPS) is 10.7. The predicted octanol–water partition coefficient (Wildman–Crippen LogP) is 0.0106. The Kier molecular flexibility index (Phi) is 5.27. The van der Waals surface area contributed by atoms with Gasteiger partial charge in [0.1, 0.15) is 18.3 Å². The smallest absolute Gasteiger partial charge is 0.337 e. The fourth-order valence-electron chi connectivity index (χ4n) is 2.53. The van der Waals surface area contributed by atoms with Crippen molar-refractivity contribution in [2.75, 3.05) is 19.0 Å². The van der Waals surface area contributed by atoms with Crippen molar-refractivity contribution in [2.45, 2.75) is 13.1 Å². The van der Waals surface area contributed by atoms with Crippen LogP contribution in [0.2, 0.25) is 0 Å². The minimum Gasteiger partial charge on any atom is -0.465 e. The summed E-state index contributed by atoms with van der Waals surface area (Å²) < 4.78 is 7.20. The molecule has 0 radical (unpaired) electrons. The second-order valence-corrected chi connectivity index (χ2v) is 5.62. The lowest BCUT2D eigenvalue weighted by molar-refractivity contribution is -0.116. The Labute approximate surface area is 153 Å². The van der Waals surface area contributed by atoms with E-state index in [4.69, 9.17) is 5.11 Å². The number of benzene rings is 1. The largest absolute Gasteiger partial charge is 0.465 e. The molecule has 2 aromatic heterocycles. The molecule has 0 aliphatic rings. The number of nitrogens with zero attached hydrogens (tertiary/aromatic N) is 4. The van der Waals surface area contributed by atoms with Crippen molar-refractivity contribution in [2.24, 2.45) is 0 Å². The Hall–Kier alpha value is -3.53. The number of hydrogen-bond acceptors (Lipinski definition) is 7. The topological polar surface area (TPSA) is 128 Å². The van der Waals surface area contributed by atoms with E-state index in [1.54, 1.807) is 12.1 Å².